The summed E-state index contributed by atoms with van der Waals surface area (Å²) in [5.74, 6) is -0.101. The number of carbonyl (C=O) groups is 1. The third-order valence-electron chi connectivity index (χ3n) is 3.61. The summed E-state index contributed by atoms with van der Waals surface area (Å²) in [5.41, 5.74) is 3.98. The van der Waals surface area contributed by atoms with E-state index in [1.54, 1.807) is 10.9 Å². The van der Waals surface area contributed by atoms with Gasteiger partial charge in [0.2, 0.25) is 5.91 Å². The van der Waals surface area contributed by atoms with Crippen molar-refractivity contribution >= 4 is 27.5 Å². The van der Waals surface area contributed by atoms with Gasteiger partial charge in [-0.25, -0.2) is 0 Å². The van der Waals surface area contributed by atoms with Gasteiger partial charge >= 0.3 is 0 Å². The molecular weight excluding hydrogens is 354 g/mol. The van der Waals surface area contributed by atoms with Gasteiger partial charge in [0.05, 0.1) is 16.4 Å². The molecule has 0 aliphatic rings. The number of anilines is 1. The molecule has 5 heteroatoms. The van der Waals surface area contributed by atoms with Crippen LogP contribution >= 0.6 is 15.9 Å². The maximum absolute atomic E-state index is 12.1. The zero-order valence-corrected chi connectivity index (χ0v) is 14.2. The molecule has 0 radical (unpaired) electrons. The molecule has 0 bridgehead atoms. The number of nitrogens with zero attached hydrogens (tertiary/aromatic N) is 2. The third-order valence-corrected chi connectivity index (χ3v) is 4.39. The summed E-state index contributed by atoms with van der Waals surface area (Å²) < 4.78 is 2.56. The van der Waals surface area contributed by atoms with Gasteiger partial charge in [-0.05, 0) is 46.1 Å². The topological polar surface area (TPSA) is 46.9 Å². The third kappa shape index (κ3) is 3.68. The fourth-order valence-corrected chi connectivity index (χ4v) is 2.59. The van der Waals surface area contributed by atoms with Crippen LogP contribution in [0.1, 0.15) is 5.69 Å². The average molecular weight is 370 g/mol. The highest BCUT2D eigenvalue weighted by atomic mass is 79.9. The summed E-state index contributed by atoms with van der Waals surface area (Å²) in [6.45, 7) is 2.11. The quantitative estimate of drug-likeness (QED) is 0.746. The van der Waals surface area contributed by atoms with Gasteiger partial charge in [-0.15, -0.1) is 0 Å². The van der Waals surface area contributed by atoms with Crippen LogP contribution in [0.25, 0.3) is 11.1 Å². The number of halogens is 1. The van der Waals surface area contributed by atoms with Gasteiger partial charge in [0.25, 0.3) is 0 Å². The minimum absolute atomic E-state index is 0.101. The average Bonchev–Trinajstić information content (AvgIpc) is 2.88. The van der Waals surface area contributed by atoms with Crippen molar-refractivity contribution in [1.29, 1.82) is 0 Å². The van der Waals surface area contributed by atoms with E-state index in [0.29, 0.717) is 0 Å². The van der Waals surface area contributed by atoms with Crippen molar-refractivity contribution in [2.45, 2.75) is 13.5 Å². The Morgan fingerprint density at radius 3 is 2.35 bits per heavy atom. The summed E-state index contributed by atoms with van der Waals surface area (Å²) in [6, 6.07) is 18.0. The number of amides is 1. The lowest BCUT2D eigenvalue weighted by molar-refractivity contribution is -0.116. The van der Waals surface area contributed by atoms with Crippen molar-refractivity contribution in [2.75, 3.05) is 5.32 Å². The molecule has 0 aliphatic heterocycles. The first-order chi connectivity index (χ1) is 11.1. The Balaban J connectivity index is 1.66. The highest BCUT2D eigenvalue weighted by Gasteiger charge is 2.09. The molecule has 1 amide bonds. The Hall–Kier alpha value is -2.40. The number of nitrogens with one attached hydrogen (secondary N) is 1. The zero-order valence-electron chi connectivity index (χ0n) is 12.7. The molecule has 0 fully saturated rings. The second-order valence-electron chi connectivity index (χ2n) is 5.23. The zero-order chi connectivity index (χ0) is 16.2. The standard InChI is InChI=1S/C18H16BrN3O/c1-13-17(19)11-20-22(13)12-18(23)21-16-9-7-15(8-10-16)14-5-3-2-4-6-14/h2-11H,12H2,1H3,(H,21,23). The fraction of sp³-hybridized carbons (Fsp3) is 0.111. The van der Waals surface area contributed by atoms with E-state index in [1.165, 1.54) is 0 Å². The SMILES string of the molecule is Cc1c(Br)cnn1CC(=O)Nc1ccc(-c2ccccc2)cc1. The minimum atomic E-state index is -0.101. The maximum Gasteiger partial charge on any atom is 0.246 e. The van der Waals surface area contributed by atoms with Gasteiger partial charge in [0.1, 0.15) is 6.54 Å². The van der Waals surface area contributed by atoms with E-state index in [4.69, 9.17) is 0 Å². The maximum atomic E-state index is 12.1. The van der Waals surface area contributed by atoms with Crippen LogP contribution in [0, 0.1) is 6.92 Å². The highest BCUT2D eigenvalue weighted by Crippen LogP contribution is 2.21. The normalized spacial score (nSPS) is 10.5. The molecule has 0 aliphatic carbocycles. The molecule has 3 aromatic rings. The lowest BCUT2D eigenvalue weighted by Gasteiger charge is -2.08. The molecular formula is C18H16BrN3O. The van der Waals surface area contributed by atoms with Gasteiger partial charge in [-0.1, -0.05) is 42.5 Å². The monoisotopic (exact) mass is 369 g/mol. The Morgan fingerprint density at radius 2 is 1.74 bits per heavy atom. The molecule has 116 valence electrons. The van der Waals surface area contributed by atoms with Crippen LogP contribution in [0.4, 0.5) is 5.69 Å². The summed E-state index contributed by atoms with van der Waals surface area (Å²) in [6.07, 6.45) is 1.69. The van der Waals surface area contributed by atoms with E-state index < -0.39 is 0 Å². The van der Waals surface area contributed by atoms with Gasteiger partial charge in [0.15, 0.2) is 0 Å². The number of carbonyl (C=O) groups excluding carboxylic acids is 1. The summed E-state index contributed by atoms with van der Waals surface area (Å²) >= 11 is 3.39. The molecule has 1 heterocycles. The highest BCUT2D eigenvalue weighted by molar-refractivity contribution is 9.10. The van der Waals surface area contributed by atoms with E-state index in [-0.39, 0.29) is 12.5 Å². The molecule has 23 heavy (non-hydrogen) atoms. The van der Waals surface area contributed by atoms with Crippen molar-refractivity contribution in [3.8, 4) is 11.1 Å². The van der Waals surface area contributed by atoms with E-state index in [1.807, 2.05) is 49.4 Å². The molecule has 0 atom stereocenters. The lowest BCUT2D eigenvalue weighted by Crippen LogP contribution is -2.20. The van der Waals surface area contributed by atoms with Crippen LogP contribution in [-0.4, -0.2) is 15.7 Å². The molecule has 3 rings (SSSR count). The van der Waals surface area contributed by atoms with E-state index in [2.05, 4.69) is 38.5 Å². The molecule has 0 unspecified atom stereocenters. The van der Waals surface area contributed by atoms with Crippen LogP contribution in [-0.2, 0) is 11.3 Å². The molecule has 1 N–H and O–H groups in total. The predicted octanol–water partition coefficient (Wildman–Crippen LogP) is 4.26. The first-order valence-corrected chi connectivity index (χ1v) is 8.06. The summed E-state index contributed by atoms with van der Waals surface area (Å²) in [4.78, 5) is 12.1. The Kier molecular flexibility index (Phi) is 4.57. The van der Waals surface area contributed by atoms with E-state index in [9.17, 15) is 4.79 Å². The number of rotatable bonds is 4. The van der Waals surface area contributed by atoms with E-state index in [0.717, 1.165) is 27.0 Å². The van der Waals surface area contributed by atoms with E-state index >= 15 is 0 Å². The van der Waals surface area contributed by atoms with Gasteiger partial charge in [0, 0.05) is 5.69 Å². The lowest BCUT2D eigenvalue weighted by atomic mass is 10.1. The van der Waals surface area contributed by atoms with Crippen LogP contribution in [0.5, 0.6) is 0 Å². The molecule has 4 nitrogen and oxygen atoms in total. The van der Waals surface area contributed by atoms with Crippen molar-refractivity contribution in [2.24, 2.45) is 0 Å². The van der Waals surface area contributed by atoms with Crippen molar-refractivity contribution < 1.29 is 4.79 Å². The number of aromatic nitrogens is 2. The summed E-state index contributed by atoms with van der Waals surface area (Å²) in [5, 5.41) is 7.05. The largest absolute Gasteiger partial charge is 0.324 e. The minimum Gasteiger partial charge on any atom is -0.324 e. The first-order valence-electron chi connectivity index (χ1n) is 7.27. The molecule has 2 aromatic carbocycles. The van der Waals surface area contributed by atoms with Crippen LogP contribution < -0.4 is 5.32 Å². The van der Waals surface area contributed by atoms with Crippen molar-refractivity contribution in [3.05, 3.63) is 71.0 Å². The Bertz CT molecular complexity index is 810. The summed E-state index contributed by atoms with van der Waals surface area (Å²) in [7, 11) is 0. The van der Waals surface area contributed by atoms with Gasteiger partial charge in [-0.3, -0.25) is 9.48 Å². The number of hydrogen-bond acceptors (Lipinski definition) is 2. The molecule has 0 saturated carbocycles. The van der Waals surface area contributed by atoms with Crippen molar-refractivity contribution in [1.82, 2.24) is 9.78 Å². The van der Waals surface area contributed by atoms with Crippen molar-refractivity contribution in [3.63, 3.8) is 0 Å². The Labute approximate surface area is 143 Å². The number of hydrogen-bond donors (Lipinski definition) is 1. The smallest absolute Gasteiger partial charge is 0.246 e. The second kappa shape index (κ2) is 6.79. The van der Waals surface area contributed by atoms with Gasteiger partial charge < -0.3 is 5.32 Å². The predicted molar refractivity (Wildman–Crippen MR) is 95.2 cm³/mol. The van der Waals surface area contributed by atoms with Crippen LogP contribution in [0.15, 0.2) is 65.3 Å². The molecule has 0 spiro atoms. The Morgan fingerprint density at radius 1 is 1.09 bits per heavy atom. The van der Waals surface area contributed by atoms with Crippen LogP contribution in [0.3, 0.4) is 0 Å². The fourth-order valence-electron chi connectivity index (χ4n) is 2.30. The van der Waals surface area contributed by atoms with Gasteiger partial charge in [-0.2, -0.15) is 5.10 Å². The first kappa shape index (κ1) is 15.5. The molecule has 1 aromatic heterocycles. The number of benzene rings is 2. The second-order valence-corrected chi connectivity index (χ2v) is 6.08. The van der Waals surface area contributed by atoms with Crippen LogP contribution in [0.2, 0.25) is 0 Å². The molecule has 0 saturated heterocycles.